The Kier molecular flexibility index (Phi) is 2.03. The molecule has 2 aromatic carbocycles. The lowest BCUT2D eigenvalue weighted by atomic mass is 10.0. The smallest absolute Gasteiger partial charge is 0.292 e. The predicted molar refractivity (Wildman–Crippen MR) is 74.6 cm³/mol. The number of oxazole rings is 1. The van der Waals surface area contributed by atoms with Crippen LogP contribution in [0.15, 0.2) is 53.1 Å². The van der Waals surface area contributed by atoms with E-state index in [1.165, 1.54) is 22.3 Å². The Bertz CT molecular complexity index is 774. The molecule has 0 spiro atoms. The van der Waals surface area contributed by atoms with Crippen molar-refractivity contribution in [3.63, 3.8) is 0 Å². The third kappa shape index (κ3) is 1.55. The zero-order valence-electron chi connectivity index (χ0n) is 10.3. The topological polar surface area (TPSA) is 52.0 Å². The lowest BCUT2D eigenvalue weighted by Gasteiger charge is -2.02. The van der Waals surface area contributed by atoms with Gasteiger partial charge in [-0.25, -0.2) is 0 Å². The summed E-state index contributed by atoms with van der Waals surface area (Å²) in [5, 5.41) is 0. The third-order valence-electron chi connectivity index (χ3n) is 3.61. The number of nitrogens with zero attached hydrogens (tertiary/aromatic N) is 1. The van der Waals surface area contributed by atoms with Crippen LogP contribution in [-0.2, 0) is 6.42 Å². The highest BCUT2D eigenvalue weighted by molar-refractivity contribution is 5.79. The van der Waals surface area contributed by atoms with Gasteiger partial charge in [0.15, 0.2) is 0 Å². The molecule has 0 aliphatic heterocycles. The van der Waals surface area contributed by atoms with Crippen LogP contribution in [0.25, 0.3) is 22.4 Å². The molecule has 19 heavy (non-hydrogen) atoms. The first kappa shape index (κ1) is 10.4. The Balaban J connectivity index is 1.83. The number of hydrogen-bond acceptors (Lipinski definition) is 3. The molecule has 3 nitrogen and oxygen atoms in total. The summed E-state index contributed by atoms with van der Waals surface area (Å²) in [4.78, 5) is 4.17. The summed E-state index contributed by atoms with van der Waals surface area (Å²) in [7, 11) is 0. The molecule has 3 aromatic rings. The highest BCUT2D eigenvalue weighted by Gasteiger charge is 2.18. The van der Waals surface area contributed by atoms with Gasteiger partial charge in [0.25, 0.3) is 6.01 Å². The van der Waals surface area contributed by atoms with Crippen LogP contribution in [0.4, 0.5) is 6.01 Å². The summed E-state index contributed by atoms with van der Waals surface area (Å²) >= 11 is 0. The molecule has 0 radical (unpaired) electrons. The van der Waals surface area contributed by atoms with E-state index in [9.17, 15) is 0 Å². The fourth-order valence-corrected chi connectivity index (χ4v) is 2.72. The van der Waals surface area contributed by atoms with Crippen LogP contribution in [0.1, 0.15) is 11.1 Å². The van der Waals surface area contributed by atoms with Gasteiger partial charge in [-0.1, -0.05) is 36.4 Å². The third-order valence-corrected chi connectivity index (χ3v) is 3.61. The van der Waals surface area contributed by atoms with Crippen molar-refractivity contribution in [1.29, 1.82) is 0 Å². The van der Waals surface area contributed by atoms with Crippen LogP contribution in [-0.4, -0.2) is 4.98 Å². The molecule has 0 unspecified atom stereocenters. The molecule has 3 heteroatoms. The maximum Gasteiger partial charge on any atom is 0.292 e. The van der Waals surface area contributed by atoms with Crippen molar-refractivity contribution in [2.75, 3.05) is 5.73 Å². The highest BCUT2D eigenvalue weighted by atomic mass is 16.4. The molecule has 0 bridgehead atoms. The second-order valence-corrected chi connectivity index (χ2v) is 4.78. The van der Waals surface area contributed by atoms with E-state index in [-0.39, 0.29) is 6.01 Å². The van der Waals surface area contributed by atoms with Gasteiger partial charge in [0.2, 0.25) is 0 Å². The maximum absolute atomic E-state index is 5.52. The molecule has 1 aliphatic rings. The van der Waals surface area contributed by atoms with Crippen molar-refractivity contribution in [1.82, 2.24) is 4.98 Å². The Morgan fingerprint density at radius 3 is 2.68 bits per heavy atom. The molecule has 0 atom stereocenters. The summed E-state index contributed by atoms with van der Waals surface area (Å²) in [5.74, 6) is 0. The van der Waals surface area contributed by atoms with Crippen molar-refractivity contribution >= 4 is 6.01 Å². The lowest BCUT2D eigenvalue weighted by Crippen LogP contribution is -1.86. The number of nitrogens with two attached hydrogens (primary N) is 1. The first-order chi connectivity index (χ1) is 9.31. The molecule has 0 saturated heterocycles. The number of hydrogen-bond donors (Lipinski definition) is 1. The molecular weight excluding hydrogens is 236 g/mol. The standard InChI is InChI=1S/C16H12N2O/c17-16-18-15(9-19-16)11-5-6-14-12(8-11)7-10-3-1-2-4-13(10)14/h1-6,8-9H,7H2,(H2,17,18). The van der Waals surface area contributed by atoms with Crippen LogP contribution >= 0.6 is 0 Å². The van der Waals surface area contributed by atoms with E-state index in [0.29, 0.717) is 0 Å². The Morgan fingerprint density at radius 1 is 1.00 bits per heavy atom. The summed E-state index contributed by atoms with van der Waals surface area (Å²) in [6.07, 6.45) is 2.58. The predicted octanol–water partition coefficient (Wildman–Crippen LogP) is 3.50. The first-order valence-corrected chi connectivity index (χ1v) is 6.24. The Hall–Kier alpha value is -2.55. The van der Waals surface area contributed by atoms with E-state index < -0.39 is 0 Å². The first-order valence-electron chi connectivity index (χ1n) is 6.24. The maximum atomic E-state index is 5.52. The van der Waals surface area contributed by atoms with E-state index in [4.69, 9.17) is 10.2 Å². The van der Waals surface area contributed by atoms with E-state index in [0.717, 1.165) is 17.7 Å². The Morgan fingerprint density at radius 2 is 1.84 bits per heavy atom. The molecule has 0 saturated carbocycles. The SMILES string of the molecule is Nc1nc(-c2ccc3c(c2)Cc2ccccc2-3)co1. The van der Waals surface area contributed by atoms with Crippen molar-refractivity contribution < 1.29 is 4.42 Å². The van der Waals surface area contributed by atoms with Gasteiger partial charge >= 0.3 is 0 Å². The highest BCUT2D eigenvalue weighted by Crippen LogP contribution is 2.38. The van der Waals surface area contributed by atoms with Gasteiger partial charge in [0.05, 0.1) is 0 Å². The zero-order valence-corrected chi connectivity index (χ0v) is 10.3. The van der Waals surface area contributed by atoms with Gasteiger partial charge in [0, 0.05) is 5.56 Å². The monoisotopic (exact) mass is 248 g/mol. The molecule has 92 valence electrons. The van der Waals surface area contributed by atoms with Gasteiger partial charge in [-0.15, -0.1) is 0 Å². The van der Waals surface area contributed by atoms with Crippen LogP contribution < -0.4 is 5.73 Å². The van der Waals surface area contributed by atoms with Gasteiger partial charge in [0.1, 0.15) is 12.0 Å². The second-order valence-electron chi connectivity index (χ2n) is 4.78. The average molecular weight is 248 g/mol. The molecule has 4 rings (SSSR count). The van der Waals surface area contributed by atoms with E-state index in [1.54, 1.807) is 6.26 Å². The molecular formula is C16H12N2O. The minimum absolute atomic E-state index is 0.207. The van der Waals surface area contributed by atoms with Crippen LogP contribution in [0.2, 0.25) is 0 Å². The number of rotatable bonds is 1. The number of fused-ring (bicyclic) bond motifs is 3. The fraction of sp³-hybridized carbons (Fsp3) is 0.0625. The Labute approximate surface area is 110 Å². The molecule has 0 amide bonds. The van der Waals surface area contributed by atoms with E-state index in [2.05, 4.69) is 47.4 Å². The molecule has 0 fully saturated rings. The molecule has 1 heterocycles. The van der Waals surface area contributed by atoms with Crippen LogP contribution in [0.5, 0.6) is 0 Å². The van der Waals surface area contributed by atoms with Crippen LogP contribution in [0.3, 0.4) is 0 Å². The fourth-order valence-electron chi connectivity index (χ4n) is 2.72. The normalized spacial score (nSPS) is 12.2. The zero-order chi connectivity index (χ0) is 12.8. The molecule has 2 N–H and O–H groups in total. The number of aromatic nitrogens is 1. The van der Waals surface area contributed by atoms with Gasteiger partial charge in [-0.05, 0) is 34.7 Å². The van der Waals surface area contributed by atoms with Crippen LogP contribution in [0, 0.1) is 0 Å². The summed E-state index contributed by atoms with van der Waals surface area (Å²) in [6, 6.07) is 15.1. The summed E-state index contributed by atoms with van der Waals surface area (Å²) in [5.41, 5.74) is 12.7. The van der Waals surface area contributed by atoms with E-state index in [1.807, 2.05) is 0 Å². The van der Waals surface area contributed by atoms with Crippen molar-refractivity contribution in [2.24, 2.45) is 0 Å². The minimum Gasteiger partial charge on any atom is -0.432 e. The molecule has 1 aromatic heterocycles. The largest absolute Gasteiger partial charge is 0.432 e. The van der Waals surface area contributed by atoms with Crippen molar-refractivity contribution in [2.45, 2.75) is 6.42 Å². The van der Waals surface area contributed by atoms with Crippen molar-refractivity contribution in [3.8, 4) is 22.4 Å². The van der Waals surface area contributed by atoms with Gasteiger partial charge in [-0.2, -0.15) is 4.98 Å². The number of anilines is 1. The van der Waals surface area contributed by atoms with Gasteiger partial charge < -0.3 is 10.2 Å². The average Bonchev–Trinajstić information content (AvgIpc) is 3.01. The van der Waals surface area contributed by atoms with E-state index >= 15 is 0 Å². The second kappa shape index (κ2) is 3.72. The number of benzene rings is 2. The summed E-state index contributed by atoms with van der Waals surface area (Å²) in [6.45, 7) is 0. The minimum atomic E-state index is 0.207. The summed E-state index contributed by atoms with van der Waals surface area (Å²) < 4.78 is 5.07. The van der Waals surface area contributed by atoms with Crippen molar-refractivity contribution in [3.05, 3.63) is 59.9 Å². The number of nitrogen functional groups attached to an aromatic ring is 1. The lowest BCUT2D eigenvalue weighted by molar-refractivity contribution is 0.581. The quantitative estimate of drug-likeness (QED) is 0.561. The molecule has 1 aliphatic carbocycles. The van der Waals surface area contributed by atoms with Gasteiger partial charge in [-0.3, -0.25) is 0 Å².